The summed E-state index contributed by atoms with van der Waals surface area (Å²) in [5.74, 6) is 0.701. The summed E-state index contributed by atoms with van der Waals surface area (Å²) in [4.78, 5) is 10.3. The van der Waals surface area contributed by atoms with Crippen LogP contribution in [-0.2, 0) is 0 Å². The lowest BCUT2D eigenvalue weighted by molar-refractivity contribution is 1.17. The van der Waals surface area contributed by atoms with E-state index < -0.39 is 0 Å². The van der Waals surface area contributed by atoms with Gasteiger partial charge in [0.2, 0.25) is 0 Å². The number of aromatic nitrogens is 3. The number of benzene rings is 8. The molecular formula is C48H31N3. The third-order valence-electron chi connectivity index (χ3n) is 10.0. The Kier molecular flexibility index (Phi) is 6.81. The van der Waals surface area contributed by atoms with E-state index in [0.29, 0.717) is 5.82 Å². The molecule has 0 saturated carbocycles. The van der Waals surface area contributed by atoms with E-state index in [2.05, 4.69) is 187 Å². The fourth-order valence-electron chi connectivity index (χ4n) is 7.57. The SMILES string of the molecule is c1ccc(-c2cc(-c3ccc(-n4c5ccccc5c5ccccc54)cc3)nc(-c3ccc(-c4c5ccccc5cc5ccccc45)cc3)n2)cc1. The van der Waals surface area contributed by atoms with Crippen molar-refractivity contribution in [1.82, 2.24) is 14.5 Å². The topological polar surface area (TPSA) is 30.7 Å². The molecule has 0 N–H and O–H groups in total. The Hall–Kier alpha value is -6.84. The predicted molar refractivity (Wildman–Crippen MR) is 213 cm³/mol. The summed E-state index contributed by atoms with van der Waals surface area (Å²) in [5, 5.41) is 7.48. The summed E-state index contributed by atoms with van der Waals surface area (Å²) in [7, 11) is 0. The standard InChI is InChI=1S/C48H31N3/c1-2-12-32(13-3-1)43-31-44(33-26-28-38(29-27-33)51-45-20-10-8-18-41(45)42-19-9-11-21-46(42)51)50-48(49-43)35-24-22-34(23-25-35)47-39-16-6-4-14-36(39)30-37-15-5-7-17-40(37)47/h1-31H. The zero-order chi connectivity index (χ0) is 33.7. The van der Waals surface area contributed by atoms with E-state index in [4.69, 9.17) is 9.97 Å². The Labute approximate surface area is 295 Å². The number of hydrogen-bond donors (Lipinski definition) is 0. The van der Waals surface area contributed by atoms with Gasteiger partial charge in [-0.2, -0.15) is 0 Å². The molecule has 0 atom stereocenters. The first-order valence-corrected chi connectivity index (χ1v) is 17.3. The average Bonchev–Trinajstić information content (AvgIpc) is 3.54. The van der Waals surface area contributed by atoms with Crippen LogP contribution >= 0.6 is 0 Å². The van der Waals surface area contributed by atoms with Gasteiger partial charge in [0.15, 0.2) is 5.82 Å². The Morgan fingerprint density at radius 2 is 0.784 bits per heavy atom. The van der Waals surface area contributed by atoms with Gasteiger partial charge in [0.1, 0.15) is 0 Å². The first-order chi connectivity index (χ1) is 25.3. The normalized spacial score (nSPS) is 11.5. The zero-order valence-electron chi connectivity index (χ0n) is 27.7. The lowest BCUT2D eigenvalue weighted by Gasteiger charge is -2.13. The quantitative estimate of drug-likeness (QED) is 0.174. The van der Waals surface area contributed by atoms with Crippen molar-refractivity contribution in [2.45, 2.75) is 0 Å². The number of fused-ring (bicyclic) bond motifs is 5. The van der Waals surface area contributed by atoms with Gasteiger partial charge in [-0.1, -0.05) is 152 Å². The van der Waals surface area contributed by atoms with E-state index in [0.717, 1.165) is 33.8 Å². The lowest BCUT2D eigenvalue weighted by Crippen LogP contribution is -1.97. The number of rotatable bonds is 5. The first-order valence-electron chi connectivity index (χ1n) is 17.3. The van der Waals surface area contributed by atoms with Crippen molar-refractivity contribution in [3.8, 4) is 50.7 Å². The smallest absolute Gasteiger partial charge is 0.160 e. The van der Waals surface area contributed by atoms with E-state index in [9.17, 15) is 0 Å². The Balaban J connectivity index is 1.08. The van der Waals surface area contributed by atoms with Gasteiger partial charge < -0.3 is 4.57 Å². The largest absolute Gasteiger partial charge is 0.309 e. The summed E-state index contributed by atoms with van der Waals surface area (Å²) < 4.78 is 2.34. The molecule has 2 aromatic heterocycles. The van der Waals surface area contributed by atoms with Crippen LogP contribution in [0.3, 0.4) is 0 Å². The fourth-order valence-corrected chi connectivity index (χ4v) is 7.57. The second-order valence-corrected chi connectivity index (χ2v) is 13.0. The molecule has 3 nitrogen and oxygen atoms in total. The molecule has 8 aromatic carbocycles. The molecule has 51 heavy (non-hydrogen) atoms. The molecule has 0 amide bonds. The Morgan fingerprint density at radius 1 is 0.333 bits per heavy atom. The summed E-state index contributed by atoms with van der Waals surface area (Å²) in [6, 6.07) is 66.7. The molecule has 0 aliphatic carbocycles. The molecule has 3 heteroatoms. The third kappa shape index (κ3) is 4.98. The maximum atomic E-state index is 5.18. The average molecular weight is 650 g/mol. The molecule has 238 valence electrons. The van der Waals surface area contributed by atoms with Gasteiger partial charge in [0.05, 0.1) is 22.4 Å². The van der Waals surface area contributed by atoms with Crippen LogP contribution in [0.25, 0.3) is 94.1 Å². The predicted octanol–water partition coefficient (Wildman–Crippen LogP) is 12.5. The number of para-hydroxylation sites is 2. The molecule has 0 bridgehead atoms. The first kappa shape index (κ1) is 29.1. The molecule has 0 unspecified atom stereocenters. The van der Waals surface area contributed by atoms with E-state index in [1.165, 1.54) is 54.5 Å². The highest BCUT2D eigenvalue weighted by atomic mass is 15.0. The monoisotopic (exact) mass is 649 g/mol. The van der Waals surface area contributed by atoms with E-state index in [-0.39, 0.29) is 0 Å². The minimum atomic E-state index is 0.701. The minimum Gasteiger partial charge on any atom is -0.309 e. The molecule has 0 aliphatic heterocycles. The number of nitrogens with zero attached hydrogens (tertiary/aromatic N) is 3. The van der Waals surface area contributed by atoms with Gasteiger partial charge in [-0.15, -0.1) is 0 Å². The van der Waals surface area contributed by atoms with Gasteiger partial charge in [-0.05, 0) is 69.1 Å². The van der Waals surface area contributed by atoms with Crippen LogP contribution < -0.4 is 0 Å². The highest BCUT2D eigenvalue weighted by molar-refractivity contribution is 6.13. The molecule has 0 aliphatic rings. The Morgan fingerprint density at radius 3 is 1.37 bits per heavy atom. The van der Waals surface area contributed by atoms with Gasteiger partial charge >= 0.3 is 0 Å². The van der Waals surface area contributed by atoms with Crippen molar-refractivity contribution in [1.29, 1.82) is 0 Å². The van der Waals surface area contributed by atoms with Gasteiger partial charge in [0, 0.05) is 33.2 Å². The molecule has 0 spiro atoms. The van der Waals surface area contributed by atoms with Crippen LogP contribution in [-0.4, -0.2) is 14.5 Å². The van der Waals surface area contributed by atoms with Crippen LogP contribution in [0.2, 0.25) is 0 Å². The third-order valence-corrected chi connectivity index (χ3v) is 10.0. The molecule has 10 rings (SSSR count). The van der Waals surface area contributed by atoms with Crippen LogP contribution in [0.5, 0.6) is 0 Å². The van der Waals surface area contributed by atoms with Crippen molar-refractivity contribution >= 4 is 43.4 Å². The van der Waals surface area contributed by atoms with Crippen molar-refractivity contribution < 1.29 is 0 Å². The van der Waals surface area contributed by atoms with Crippen molar-refractivity contribution in [3.63, 3.8) is 0 Å². The van der Waals surface area contributed by atoms with Crippen molar-refractivity contribution in [2.75, 3.05) is 0 Å². The van der Waals surface area contributed by atoms with Crippen molar-refractivity contribution in [3.05, 3.63) is 188 Å². The van der Waals surface area contributed by atoms with Crippen LogP contribution in [0.4, 0.5) is 0 Å². The van der Waals surface area contributed by atoms with E-state index >= 15 is 0 Å². The fraction of sp³-hybridized carbons (Fsp3) is 0. The molecule has 0 fully saturated rings. The van der Waals surface area contributed by atoms with Crippen molar-refractivity contribution in [2.24, 2.45) is 0 Å². The highest BCUT2D eigenvalue weighted by Crippen LogP contribution is 2.38. The maximum absolute atomic E-state index is 5.18. The zero-order valence-corrected chi connectivity index (χ0v) is 27.7. The number of hydrogen-bond acceptors (Lipinski definition) is 2. The van der Waals surface area contributed by atoms with Crippen LogP contribution in [0, 0.1) is 0 Å². The van der Waals surface area contributed by atoms with Gasteiger partial charge in [0.25, 0.3) is 0 Å². The molecule has 0 radical (unpaired) electrons. The van der Waals surface area contributed by atoms with Gasteiger partial charge in [-0.3, -0.25) is 0 Å². The van der Waals surface area contributed by atoms with Gasteiger partial charge in [-0.25, -0.2) is 9.97 Å². The maximum Gasteiger partial charge on any atom is 0.160 e. The molecule has 10 aromatic rings. The van der Waals surface area contributed by atoms with Crippen LogP contribution in [0.15, 0.2) is 188 Å². The van der Waals surface area contributed by atoms with Crippen LogP contribution in [0.1, 0.15) is 0 Å². The summed E-state index contributed by atoms with van der Waals surface area (Å²) in [5.41, 5.74) is 10.8. The minimum absolute atomic E-state index is 0.701. The Bertz CT molecular complexity index is 2780. The second kappa shape index (κ2) is 11.9. The summed E-state index contributed by atoms with van der Waals surface area (Å²) in [6.45, 7) is 0. The summed E-state index contributed by atoms with van der Waals surface area (Å²) >= 11 is 0. The highest BCUT2D eigenvalue weighted by Gasteiger charge is 2.15. The van der Waals surface area contributed by atoms with E-state index in [1.807, 2.05) is 6.07 Å². The molecule has 0 saturated heterocycles. The molecular weight excluding hydrogens is 619 g/mol. The lowest BCUT2D eigenvalue weighted by atomic mass is 9.91. The van der Waals surface area contributed by atoms with E-state index in [1.54, 1.807) is 0 Å². The summed E-state index contributed by atoms with van der Waals surface area (Å²) in [6.07, 6.45) is 0. The second-order valence-electron chi connectivity index (χ2n) is 13.0. The molecule has 2 heterocycles.